The molecule has 0 bridgehead atoms. The number of carbonyl (C=O) groups is 1. The zero-order valence-corrected chi connectivity index (χ0v) is 14.7. The molecule has 1 aromatic carbocycles. The second-order valence-corrected chi connectivity index (χ2v) is 6.45. The number of nitrogens with one attached hydrogen (secondary N) is 1. The predicted octanol–water partition coefficient (Wildman–Crippen LogP) is 4.09. The molecular formula is C20H16N4OS. The molecule has 0 unspecified atom stereocenters. The Morgan fingerprint density at radius 1 is 1.04 bits per heavy atom. The number of carbonyl (C=O) groups excluding carboxylic acids is 1. The summed E-state index contributed by atoms with van der Waals surface area (Å²) in [5, 5.41) is 12.3. The van der Waals surface area contributed by atoms with Crippen molar-refractivity contribution < 1.29 is 4.79 Å². The highest BCUT2D eigenvalue weighted by molar-refractivity contribution is 7.98. The van der Waals surface area contributed by atoms with E-state index in [1.807, 2.05) is 24.3 Å². The van der Waals surface area contributed by atoms with Crippen molar-refractivity contribution in [3.8, 4) is 6.07 Å². The van der Waals surface area contributed by atoms with Crippen molar-refractivity contribution in [1.29, 1.82) is 5.26 Å². The van der Waals surface area contributed by atoms with Crippen LogP contribution in [0.1, 0.15) is 21.5 Å². The van der Waals surface area contributed by atoms with Gasteiger partial charge in [0.15, 0.2) is 0 Å². The molecule has 0 saturated carbocycles. The molecule has 0 aliphatic carbocycles. The van der Waals surface area contributed by atoms with Gasteiger partial charge in [0.1, 0.15) is 5.03 Å². The number of amides is 1. The minimum absolute atomic E-state index is 0.205. The Bertz CT molecular complexity index is 921. The molecule has 1 N–H and O–H groups in total. The first-order valence-electron chi connectivity index (χ1n) is 8.00. The van der Waals surface area contributed by atoms with Crippen molar-refractivity contribution in [1.82, 2.24) is 9.97 Å². The van der Waals surface area contributed by atoms with Gasteiger partial charge in [0.25, 0.3) is 5.91 Å². The fourth-order valence-electron chi connectivity index (χ4n) is 2.30. The first-order valence-corrected chi connectivity index (χ1v) is 8.99. The van der Waals surface area contributed by atoms with Crippen LogP contribution in [0.2, 0.25) is 0 Å². The Labute approximate surface area is 156 Å². The lowest BCUT2D eigenvalue weighted by atomic mass is 10.1. The van der Waals surface area contributed by atoms with Crippen LogP contribution in [-0.2, 0) is 12.2 Å². The number of hydrogen-bond acceptors (Lipinski definition) is 5. The van der Waals surface area contributed by atoms with Crippen molar-refractivity contribution in [2.45, 2.75) is 17.2 Å². The number of nitrogens with zero attached hydrogens (tertiary/aromatic N) is 3. The molecule has 3 aromatic rings. The number of anilines is 1. The smallest absolute Gasteiger partial charge is 0.258 e. The van der Waals surface area contributed by atoms with E-state index in [4.69, 9.17) is 5.26 Å². The van der Waals surface area contributed by atoms with Gasteiger partial charge in [-0.3, -0.25) is 9.78 Å². The number of nitriles is 1. The Kier molecular flexibility index (Phi) is 5.96. The zero-order chi connectivity index (χ0) is 18.2. The molecule has 2 aromatic heterocycles. The molecular weight excluding hydrogens is 344 g/mol. The van der Waals surface area contributed by atoms with Gasteiger partial charge in [-0.25, -0.2) is 4.98 Å². The summed E-state index contributed by atoms with van der Waals surface area (Å²) in [6, 6.07) is 16.8. The third-order valence-corrected chi connectivity index (χ3v) is 4.71. The largest absolute Gasteiger partial charge is 0.322 e. The summed E-state index contributed by atoms with van der Waals surface area (Å²) in [6.45, 7) is 0. The van der Waals surface area contributed by atoms with Crippen LogP contribution in [0.4, 0.5) is 5.69 Å². The van der Waals surface area contributed by atoms with Gasteiger partial charge >= 0.3 is 0 Å². The van der Waals surface area contributed by atoms with Gasteiger partial charge in [-0.05, 0) is 47.5 Å². The van der Waals surface area contributed by atoms with E-state index >= 15 is 0 Å². The van der Waals surface area contributed by atoms with Gasteiger partial charge < -0.3 is 5.32 Å². The third-order valence-electron chi connectivity index (χ3n) is 3.64. The maximum atomic E-state index is 12.6. The summed E-state index contributed by atoms with van der Waals surface area (Å²) >= 11 is 1.51. The zero-order valence-electron chi connectivity index (χ0n) is 13.9. The van der Waals surface area contributed by atoms with Gasteiger partial charge in [-0.1, -0.05) is 12.1 Å². The fourth-order valence-corrected chi connectivity index (χ4v) is 3.25. The van der Waals surface area contributed by atoms with Gasteiger partial charge in [0.2, 0.25) is 0 Å². The normalized spacial score (nSPS) is 10.1. The highest BCUT2D eigenvalue weighted by Gasteiger charge is 2.13. The molecule has 128 valence electrons. The second kappa shape index (κ2) is 8.79. The molecule has 0 fully saturated rings. The Morgan fingerprint density at radius 2 is 1.81 bits per heavy atom. The summed E-state index contributed by atoms with van der Waals surface area (Å²) in [6.07, 6.45) is 5.53. The van der Waals surface area contributed by atoms with Crippen LogP contribution in [0, 0.1) is 11.3 Å². The number of benzene rings is 1. The molecule has 0 aliphatic heterocycles. The maximum Gasteiger partial charge on any atom is 0.258 e. The van der Waals surface area contributed by atoms with Crippen molar-refractivity contribution >= 4 is 23.4 Å². The molecule has 26 heavy (non-hydrogen) atoms. The lowest BCUT2D eigenvalue weighted by molar-refractivity contribution is 0.102. The molecule has 6 heteroatoms. The number of rotatable bonds is 6. The monoisotopic (exact) mass is 360 g/mol. The molecule has 0 radical (unpaired) electrons. The maximum absolute atomic E-state index is 12.6. The van der Waals surface area contributed by atoms with Crippen molar-refractivity contribution in [2.75, 3.05) is 5.32 Å². The van der Waals surface area contributed by atoms with Crippen LogP contribution in [0.3, 0.4) is 0 Å². The summed E-state index contributed by atoms with van der Waals surface area (Å²) in [5.74, 6) is 0.506. The second-order valence-electron chi connectivity index (χ2n) is 5.49. The minimum Gasteiger partial charge on any atom is -0.322 e. The summed E-state index contributed by atoms with van der Waals surface area (Å²) in [7, 11) is 0. The Balaban J connectivity index is 1.70. The van der Waals surface area contributed by atoms with Gasteiger partial charge in [0.05, 0.1) is 18.1 Å². The van der Waals surface area contributed by atoms with Gasteiger partial charge in [0, 0.05) is 30.0 Å². The number of hydrogen-bond donors (Lipinski definition) is 1. The highest BCUT2D eigenvalue weighted by Crippen LogP contribution is 2.24. The van der Waals surface area contributed by atoms with E-state index in [2.05, 4.69) is 21.4 Å². The fraction of sp³-hybridized carbons (Fsp3) is 0.100. The van der Waals surface area contributed by atoms with Crippen LogP contribution in [0.25, 0.3) is 0 Å². The first kappa shape index (κ1) is 17.6. The van der Waals surface area contributed by atoms with Crippen molar-refractivity contribution in [3.05, 3.63) is 83.8 Å². The Hall–Kier alpha value is -3.17. The van der Waals surface area contributed by atoms with E-state index < -0.39 is 0 Å². The quantitative estimate of drug-likeness (QED) is 0.670. The summed E-state index contributed by atoms with van der Waals surface area (Å²) in [5.41, 5.74) is 3.26. The Morgan fingerprint density at radius 3 is 2.54 bits per heavy atom. The molecule has 2 heterocycles. The average molecular weight is 360 g/mol. The van der Waals surface area contributed by atoms with E-state index in [0.29, 0.717) is 28.5 Å². The molecule has 5 nitrogen and oxygen atoms in total. The van der Waals surface area contributed by atoms with Crippen molar-refractivity contribution in [2.24, 2.45) is 0 Å². The van der Waals surface area contributed by atoms with E-state index in [9.17, 15) is 4.79 Å². The highest BCUT2D eigenvalue weighted by atomic mass is 32.2. The summed E-state index contributed by atoms with van der Waals surface area (Å²) < 4.78 is 0. The topological polar surface area (TPSA) is 78.7 Å². The molecule has 1 amide bonds. The minimum atomic E-state index is -0.205. The predicted molar refractivity (Wildman–Crippen MR) is 102 cm³/mol. The van der Waals surface area contributed by atoms with E-state index in [1.165, 1.54) is 11.8 Å². The van der Waals surface area contributed by atoms with Crippen LogP contribution < -0.4 is 5.32 Å². The lowest BCUT2D eigenvalue weighted by Gasteiger charge is -2.09. The molecule has 0 saturated heterocycles. The molecule has 3 rings (SSSR count). The van der Waals surface area contributed by atoms with Gasteiger partial charge in [-0.2, -0.15) is 5.26 Å². The van der Waals surface area contributed by atoms with Crippen LogP contribution in [0.15, 0.2) is 72.1 Å². The molecule has 0 aliphatic rings. The molecule has 0 atom stereocenters. The van der Waals surface area contributed by atoms with Gasteiger partial charge in [-0.15, -0.1) is 11.8 Å². The van der Waals surface area contributed by atoms with E-state index in [1.54, 1.807) is 42.9 Å². The van der Waals surface area contributed by atoms with Crippen LogP contribution in [0.5, 0.6) is 0 Å². The van der Waals surface area contributed by atoms with E-state index in [-0.39, 0.29) is 5.91 Å². The number of thioether (sulfide) groups is 1. The SMILES string of the molecule is N#CCc1ccc(NC(=O)c2cccnc2SCc2ccncc2)cc1. The average Bonchev–Trinajstić information content (AvgIpc) is 2.69. The molecule has 0 spiro atoms. The third kappa shape index (κ3) is 4.68. The lowest BCUT2D eigenvalue weighted by Crippen LogP contribution is -2.13. The van der Waals surface area contributed by atoms with Crippen LogP contribution >= 0.6 is 11.8 Å². The first-order chi connectivity index (χ1) is 12.8. The number of aromatic nitrogens is 2. The van der Waals surface area contributed by atoms with Crippen LogP contribution in [-0.4, -0.2) is 15.9 Å². The van der Waals surface area contributed by atoms with E-state index in [0.717, 1.165) is 11.1 Å². The van der Waals surface area contributed by atoms with Crippen molar-refractivity contribution in [3.63, 3.8) is 0 Å². The summed E-state index contributed by atoms with van der Waals surface area (Å²) in [4.78, 5) is 21.0. The number of pyridine rings is 2. The standard InChI is InChI=1S/C20H16N4OS/c21-10-7-15-3-5-17(6-4-15)24-19(25)18-2-1-11-23-20(18)26-14-16-8-12-22-13-9-16/h1-6,8-9,11-13H,7,14H2,(H,24,25).